The highest BCUT2D eigenvalue weighted by atomic mass is 16.6. The van der Waals surface area contributed by atoms with Crippen molar-refractivity contribution in [3.05, 3.63) is 40.3 Å². The fraction of sp³-hybridized carbons (Fsp3) is 0.677. The first kappa shape index (κ1) is 27.8. The van der Waals surface area contributed by atoms with Crippen LogP contribution in [0.25, 0.3) is 11.0 Å². The summed E-state index contributed by atoms with van der Waals surface area (Å²) < 4.78 is 1.83. The SMILES string of the molecule is CC(C)O/N=C(\C(=O)O)c1nc2ccccc2n(C2C[C@H]3CCC[C@@H](C2)N3[C@@H]2CCCCCC[C@@H](C)C2)c1=O. The first-order chi connectivity index (χ1) is 18.8. The molecule has 2 aromatic rings. The number of piperidine rings is 2. The van der Waals surface area contributed by atoms with Gasteiger partial charge >= 0.3 is 5.97 Å². The molecule has 39 heavy (non-hydrogen) atoms. The number of nitrogens with zero attached hydrogens (tertiary/aromatic N) is 4. The molecule has 1 aromatic carbocycles. The second-order valence-electron chi connectivity index (χ2n) is 12.3. The standard InChI is InChI=1S/C31H44N4O4/c1-20(2)39-33-29(31(37)38)28-30(36)35(27-16-9-8-15-26(27)32-28)25-18-23-13-10-14-24(19-25)34(23)22-12-7-5-4-6-11-21(3)17-22/h8-9,15-16,20-25H,4-7,10-14,17-19H2,1-3H3,(H,37,38)/b33-29-/t21-,22-,23-,24+,25?/m1/s1. The van der Waals surface area contributed by atoms with Crippen LogP contribution in [0, 0.1) is 5.92 Å². The monoisotopic (exact) mass is 536 g/mol. The highest BCUT2D eigenvalue weighted by molar-refractivity contribution is 6.41. The van der Waals surface area contributed by atoms with Gasteiger partial charge in [-0.3, -0.25) is 9.69 Å². The van der Waals surface area contributed by atoms with Gasteiger partial charge < -0.3 is 14.5 Å². The molecule has 212 valence electrons. The number of fused-ring (bicyclic) bond motifs is 3. The summed E-state index contributed by atoms with van der Waals surface area (Å²) in [7, 11) is 0. The Morgan fingerprint density at radius 2 is 1.59 bits per heavy atom. The van der Waals surface area contributed by atoms with Gasteiger partial charge in [0.15, 0.2) is 5.69 Å². The Labute approximate surface area is 231 Å². The van der Waals surface area contributed by atoms with Crippen molar-refractivity contribution >= 4 is 22.7 Å². The number of benzene rings is 1. The molecule has 8 heteroatoms. The van der Waals surface area contributed by atoms with Gasteiger partial charge in [-0.1, -0.05) is 62.7 Å². The van der Waals surface area contributed by atoms with E-state index in [9.17, 15) is 14.7 Å². The molecule has 1 unspecified atom stereocenters. The molecule has 0 spiro atoms. The van der Waals surface area contributed by atoms with E-state index in [2.05, 4.69) is 22.0 Å². The summed E-state index contributed by atoms with van der Waals surface area (Å²) >= 11 is 0. The lowest BCUT2D eigenvalue weighted by Gasteiger charge is -2.53. The zero-order valence-corrected chi connectivity index (χ0v) is 23.7. The number of carbonyl (C=O) groups is 1. The van der Waals surface area contributed by atoms with Crippen molar-refractivity contribution in [1.29, 1.82) is 0 Å². The van der Waals surface area contributed by atoms with E-state index in [0.717, 1.165) is 37.1 Å². The van der Waals surface area contributed by atoms with Crippen LogP contribution in [-0.4, -0.2) is 55.5 Å². The summed E-state index contributed by atoms with van der Waals surface area (Å²) in [5, 5.41) is 13.8. The van der Waals surface area contributed by atoms with Crippen molar-refractivity contribution in [1.82, 2.24) is 14.5 Å². The zero-order chi connectivity index (χ0) is 27.5. The number of para-hydroxylation sites is 2. The maximum atomic E-state index is 14.0. The molecule has 0 amide bonds. The van der Waals surface area contributed by atoms with E-state index < -0.39 is 17.2 Å². The quantitative estimate of drug-likeness (QED) is 0.364. The molecule has 1 aromatic heterocycles. The minimum absolute atomic E-state index is 0.00878. The van der Waals surface area contributed by atoms with Crippen LogP contribution in [0.4, 0.5) is 0 Å². The highest BCUT2D eigenvalue weighted by Gasteiger charge is 2.43. The molecule has 1 N–H and O–H groups in total. The fourth-order valence-corrected chi connectivity index (χ4v) is 7.41. The Kier molecular flexibility index (Phi) is 8.70. The topological polar surface area (TPSA) is 97.0 Å². The summed E-state index contributed by atoms with van der Waals surface area (Å²) in [4.78, 5) is 38.8. The molecule has 5 rings (SSSR count). The second-order valence-corrected chi connectivity index (χ2v) is 12.3. The minimum atomic E-state index is -1.32. The Morgan fingerprint density at radius 3 is 2.28 bits per heavy atom. The summed E-state index contributed by atoms with van der Waals surface area (Å²) in [6.45, 7) is 5.95. The third-order valence-electron chi connectivity index (χ3n) is 9.03. The molecule has 3 fully saturated rings. The smallest absolute Gasteiger partial charge is 0.360 e. The lowest BCUT2D eigenvalue weighted by atomic mass is 9.78. The van der Waals surface area contributed by atoms with Gasteiger partial charge in [-0.2, -0.15) is 0 Å². The molecule has 1 aliphatic carbocycles. The number of aromatic nitrogens is 2. The summed E-state index contributed by atoms with van der Waals surface area (Å²) in [6, 6.07) is 9.05. The highest BCUT2D eigenvalue weighted by Crippen LogP contribution is 2.43. The van der Waals surface area contributed by atoms with Crippen molar-refractivity contribution in [2.45, 2.75) is 128 Å². The Balaban J connectivity index is 1.52. The average Bonchev–Trinajstić information content (AvgIpc) is 2.99. The Morgan fingerprint density at radius 1 is 0.949 bits per heavy atom. The number of oxime groups is 1. The number of hydrogen-bond acceptors (Lipinski definition) is 6. The molecule has 2 bridgehead atoms. The lowest BCUT2D eigenvalue weighted by Crippen LogP contribution is -2.57. The van der Waals surface area contributed by atoms with Crippen molar-refractivity contribution in [2.24, 2.45) is 11.1 Å². The minimum Gasteiger partial charge on any atom is -0.476 e. The van der Waals surface area contributed by atoms with Crippen LogP contribution in [0.1, 0.15) is 110 Å². The van der Waals surface area contributed by atoms with Crippen LogP contribution < -0.4 is 5.56 Å². The molecule has 8 nitrogen and oxygen atoms in total. The molecule has 2 aliphatic heterocycles. The van der Waals surface area contributed by atoms with Gasteiger partial charge in [-0.25, -0.2) is 9.78 Å². The first-order valence-corrected chi connectivity index (χ1v) is 15.1. The van der Waals surface area contributed by atoms with Crippen LogP contribution in [0.3, 0.4) is 0 Å². The Hall–Kier alpha value is -2.74. The van der Waals surface area contributed by atoms with Gasteiger partial charge in [0.05, 0.1) is 11.0 Å². The number of rotatable bonds is 6. The van der Waals surface area contributed by atoms with Crippen LogP contribution in [0.2, 0.25) is 0 Å². The molecular formula is C31H44N4O4. The van der Waals surface area contributed by atoms with Gasteiger partial charge in [0.25, 0.3) is 5.56 Å². The van der Waals surface area contributed by atoms with E-state index >= 15 is 0 Å². The molecule has 3 heterocycles. The van der Waals surface area contributed by atoms with Gasteiger partial charge in [0, 0.05) is 24.2 Å². The van der Waals surface area contributed by atoms with E-state index in [4.69, 9.17) is 4.84 Å². The van der Waals surface area contributed by atoms with Crippen molar-refractivity contribution in [2.75, 3.05) is 0 Å². The molecule has 3 aliphatic rings. The number of carboxylic acid groups (broad SMARTS) is 1. The Bertz CT molecular complexity index is 1240. The zero-order valence-electron chi connectivity index (χ0n) is 23.7. The van der Waals surface area contributed by atoms with Crippen LogP contribution in [0.5, 0.6) is 0 Å². The van der Waals surface area contributed by atoms with Crippen molar-refractivity contribution in [3.8, 4) is 0 Å². The van der Waals surface area contributed by atoms with Crippen molar-refractivity contribution in [3.63, 3.8) is 0 Å². The first-order valence-electron chi connectivity index (χ1n) is 15.1. The molecular weight excluding hydrogens is 492 g/mol. The predicted molar refractivity (Wildman–Crippen MR) is 153 cm³/mol. The summed E-state index contributed by atoms with van der Waals surface area (Å²) in [5.41, 5.74) is 0.372. The van der Waals surface area contributed by atoms with Gasteiger partial charge in [-0.05, 0) is 70.4 Å². The normalized spacial score (nSPS) is 29.0. The van der Waals surface area contributed by atoms with Crippen LogP contribution >= 0.6 is 0 Å². The van der Waals surface area contributed by atoms with Crippen LogP contribution in [0.15, 0.2) is 34.2 Å². The van der Waals surface area contributed by atoms with Gasteiger partial charge in [-0.15, -0.1) is 0 Å². The molecule has 0 radical (unpaired) electrons. The molecule has 1 saturated carbocycles. The second kappa shape index (κ2) is 12.2. The van der Waals surface area contributed by atoms with E-state index in [-0.39, 0.29) is 17.8 Å². The number of hydrogen-bond donors (Lipinski definition) is 1. The van der Waals surface area contributed by atoms with E-state index in [1.165, 1.54) is 51.4 Å². The molecule has 2 saturated heterocycles. The third-order valence-corrected chi connectivity index (χ3v) is 9.03. The number of aliphatic carboxylic acids is 1. The van der Waals surface area contributed by atoms with Gasteiger partial charge in [0.1, 0.15) is 6.10 Å². The fourth-order valence-electron chi connectivity index (χ4n) is 7.41. The summed E-state index contributed by atoms with van der Waals surface area (Å²) in [6.07, 6.45) is 14.3. The van der Waals surface area contributed by atoms with E-state index in [0.29, 0.717) is 23.6 Å². The van der Waals surface area contributed by atoms with Crippen LogP contribution in [-0.2, 0) is 9.63 Å². The number of carboxylic acids is 1. The third kappa shape index (κ3) is 6.06. The van der Waals surface area contributed by atoms with Gasteiger partial charge in [0.2, 0.25) is 5.71 Å². The molecule has 5 atom stereocenters. The van der Waals surface area contributed by atoms with E-state index in [1.807, 2.05) is 28.8 Å². The average molecular weight is 537 g/mol. The van der Waals surface area contributed by atoms with E-state index in [1.54, 1.807) is 13.8 Å². The predicted octanol–water partition coefficient (Wildman–Crippen LogP) is 5.92. The summed E-state index contributed by atoms with van der Waals surface area (Å²) in [5.74, 6) is -0.564. The largest absolute Gasteiger partial charge is 0.476 e. The maximum absolute atomic E-state index is 14.0. The maximum Gasteiger partial charge on any atom is 0.360 e. The van der Waals surface area contributed by atoms with Crippen molar-refractivity contribution < 1.29 is 14.7 Å². The lowest BCUT2D eigenvalue weighted by molar-refractivity contribution is -0.129.